The molecule has 6 rings (SSSR count). The smallest absolute Gasteiger partial charge is 0.133 e. The van der Waals surface area contributed by atoms with Gasteiger partial charge in [-0.25, -0.2) is 0 Å². The van der Waals surface area contributed by atoms with Gasteiger partial charge in [-0.1, -0.05) is 48.5 Å². The summed E-state index contributed by atoms with van der Waals surface area (Å²) in [6, 6.07) is 20.2. The molecule has 0 saturated carbocycles. The average molecular weight is 567 g/mol. The highest BCUT2D eigenvalue weighted by Gasteiger charge is 2.25. The first-order valence-electron chi connectivity index (χ1n) is 14.7. The molecule has 0 amide bonds. The molecule has 2 N–H and O–H groups in total. The van der Waals surface area contributed by atoms with Crippen LogP contribution >= 0.6 is 0 Å². The minimum atomic E-state index is 0.0779. The van der Waals surface area contributed by atoms with Gasteiger partial charge >= 0.3 is 0 Å². The van der Waals surface area contributed by atoms with Gasteiger partial charge in [-0.2, -0.15) is 10.2 Å². The highest BCUT2D eigenvalue weighted by atomic mass is 16.5. The van der Waals surface area contributed by atoms with Gasteiger partial charge in [0.2, 0.25) is 0 Å². The van der Waals surface area contributed by atoms with E-state index in [2.05, 4.69) is 0 Å². The maximum absolute atomic E-state index is 11.9. The van der Waals surface area contributed by atoms with Gasteiger partial charge in [0.05, 0.1) is 37.7 Å². The molecule has 4 aromatic rings. The van der Waals surface area contributed by atoms with Gasteiger partial charge in [-0.15, -0.1) is 0 Å². The van der Waals surface area contributed by atoms with Crippen molar-refractivity contribution in [3.63, 3.8) is 0 Å². The zero-order valence-corrected chi connectivity index (χ0v) is 24.2. The Balaban J connectivity index is 1.50. The Labute approximate surface area is 246 Å². The number of nitrogens with zero attached hydrogens (tertiary/aromatic N) is 4. The van der Waals surface area contributed by atoms with E-state index in [-0.39, 0.29) is 23.6 Å². The third kappa shape index (κ3) is 5.40. The number of phenols is 2. The molecule has 0 radical (unpaired) electrons. The lowest BCUT2D eigenvalue weighted by Crippen LogP contribution is -2.28. The van der Waals surface area contributed by atoms with Gasteiger partial charge < -0.3 is 19.7 Å². The molecule has 8 heteroatoms. The largest absolute Gasteiger partial charge is 0.507 e. The lowest BCUT2D eigenvalue weighted by Gasteiger charge is -2.21. The van der Waals surface area contributed by atoms with E-state index < -0.39 is 0 Å². The number of ether oxygens (including phenoxy) is 2. The molecule has 42 heavy (non-hydrogen) atoms. The second kappa shape index (κ2) is 12.4. The van der Waals surface area contributed by atoms with E-state index in [4.69, 9.17) is 19.7 Å². The van der Waals surface area contributed by atoms with Gasteiger partial charge in [0.25, 0.3) is 0 Å². The van der Waals surface area contributed by atoms with Crippen molar-refractivity contribution in [1.82, 2.24) is 10.0 Å². The fourth-order valence-corrected chi connectivity index (χ4v) is 6.36. The maximum atomic E-state index is 11.9. The molecule has 4 aromatic carbocycles. The number of fused-ring (bicyclic) bond motifs is 2. The maximum Gasteiger partial charge on any atom is 0.133 e. The summed E-state index contributed by atoms with van der Waals surface area (Å²) >= 11 is 0. The average Bonchev–Trinajstić information content (AvgIpc) is 3.65. The number of phenolic OH excluding ortho intramolecular Hbond substituents is 2. The summed E-state index contributed by atoms with van der Waals surface area (Å²) < 4.78 is 10.8. The standard InChI is InChI=1S/C34H38N4O4/c1-41-21-27-11-7-15-37(27)35-19-25-17-23-9-3-5-13-29(23)31(33(25)39)32-30-14-6-4-10-24(30)18-26(34(32)40)20-36-38-16-8-12-28(38)22-42-2/h3-6,9-10,13-14,17-20,27-28,39-40H,7-8,11-12,15-16,21-22H2,1-2H3/b35-19+,36-20+/t27-,28-/m1/s1. The molecule has 2 heterocycles. The fraction of sp³-hybridized carbons (Fsp3) is 0.353. The van der Waals surface area contributed by atoms with Crippen LogP contribution in [0.3, 0.4) is 0 Å². The van der Waals surface area contributed by atoms with Crippen molar-refractivity contribution in [2.75, 3.05) is 40.5 Å². The summed E-state index contributed by atoms with van der Waals surface area (Å²) in [7, 11) is 3.42. The molecule has 2 fully saturated rings. The van der Waals surface area contributed by atoms with E-state index >= 15 is 0 Å². The second-order valence-corrected chi connectivity index (χ2v) is 11.1. The van der Waals surface area contributed by atoms with Gasteiger partial charge in [-0.05, 0) is 59.4 Å². The molecule has 2 aliphatic heterocycles. The first kappa shape index (κ1) is 28.0. The molecule has 0 aromatic heterocycles. The fourth-order valence-electron chi connectivity index (χ4n) is 6.36. The van der Waals surface area contributed by atoms with Crippen LogP contribution in [0.4, 0.5) is 0 Å². The van der Waals surface area contributed by atoms with Crippen molar-refractivity contribution in [2.45, 2.75) is 37.8 Å². The Kier molecular flexibility index (Phi) is 8.26. The molecule has 218 valence electrons. The van der Waals surface area contributed by atoms with Crippen LogP contribution in [0.1, 0.15) is 36.8 Å². The zero-order valence-electron chi connectivity index (χ0n) is 24.2. The predicted molar refractivity (Wildman–Crippen MR) is 169 cm³/mol. The topological polar surface area (TPSA) is 90.1 Å². The molecule has 0 bridgehead atoms. The first-order valence-corrected chi connectivity index (χ1v) is 14.7. The lowest BCUT2D eigenvalue weighted by atomic mass is 9.89. The highest BCUT2D eigenvalue weighted by Crippen LogP contribution is 2.47. The number of rotatable bonds is 9. The van der Waals surface area contributed by atoms with E-state index in [1.54, 1.807) is 26.6 Å². The normalized spacial score (nSPS) is 19.4. The minimum Gasteiger partial charge on any atom is -0.507 e. The monoisotopic (exact) mass is 566 g/mol. The van der Waals surface area contributed by atoms with Gasteiger partial charge in [-0.3, -0.25) is 10.0 Å². The quantitative estimate of drug-likeness (QED) is 0.243. The van der Waals surface area contributed by atoms with Crippen LogP contribution in [0.2, 0.25) is 0 Å². The summed E-state index contributed by atoms with van der Waals surface area (Å²) in [4.78, 5) is 0. The zero-order chi connectivity index (χ0) is 29.1. The number of hydrogen-bond acceptors (Lipinski definition) is 8. The molecule has 8 nitrogen and oxygen atoms in total. The molecule has 2 aliphatic rings. The third-order valence-electron chi connectivity index (χ3n) is 8.45. The van der Waals surface area contributed by atoms with Crippen molar-refractivity contribution >= 4 is 34.0 Å². The summed E-state index contributed by atoms with van der Waals surface area (Å²) in [6.07, 6.45) is 7.62. The van der Waals surface area contributed by atoms with Crippen molar-refractivity contribution in [3.8, 4) is 22.6 Å². The van der Waals surface area contributed by atoms with E-state index in [1.807, 2.05) is 70.7 Å². The highest BCUT2D eigenvalue weighted by molar-refractivity contribution is 6.14. The predicted octanol–water partition coefficient (Wildman–Crippen LogP) is 5.96. The number of aromatic hydroxyl groups is 2. The van der Waals surface area contributed by atoms with Crippen molar-refractivity contribution in [3.05, 3.63) is 71.8 Å². The summed E-state index contributed by atoms with van der Waals surface area (Å²) in [5.74, 6) is 0.156. The Morgan fingerprint density at radius 3 is 1.57 bits per heavy atom. The van der Waals surface area contributed by atoms with Crippen LogP contribution in [0.15, 0.2) is 70.9 Å². The van der Waals surface area contributed by atoms with Crippen molar-refractivity contribution in [1.29, 1.82) is 0 Å². The van der Waals surface area contributed by atoms with Crippen LogP contribution in [-0.2, 0) is 9.47 Å². The third-order valence-corrected chi connectivity index (χ3v) is 8.45. The lowest BCUT2D eigenvalue weighted by molar-refractivity contribution is 0.118. The summed E-state index contributed by atoms with van der Waals surface area (Å²) in [6.45, 7) is 2.93. The Morgan fingerprint density at radius 1 is 0.714 bits per heavy atom. The molecule has 0 spiro atoms. The van der Waals surface area contributed by atoms with Gasteiger partial charge in [0.15, 0.2) is 0 Å². The van der Waals surface area contributed by atoms with Crippen molar-refractivity contribution in [2.24, 2.45) is 10.2 Å². The van der Waals surface area contributed by atoms with E-state index in [0.717, 1.165) is 60.3 Å². The van der Waals surface area contributed by atoms with Crippen LogP contribution in [0, 0.1) is 0 Å². The van der Waals surface area contributed by atoms with E-state index in [9.17, 15) is 10.2 Å². The van der Waals surface area contributed by atoms with E-state index in [0.29, 0.717) is 35.5 Å². The molecule has 2 saturated heterocycles. The SMILES string of the molecule is COC[C@H]1CCCN1/N=C/c1cc2ccccc2c(-c2c(O)c(/C=N/N3CCC[C@@H]3COC)cc3ccccc23)c1O. The molecule has 0 unspecified atom stereocenters. The molecule has 2 atom stereocenters. The molecular weight excluding hydrogens is 528 g/mol. The molecule has 0 aliphatic carbocycles. The van der Waals surface area contributed by atoms with Crippen molar-refractivity contribution < 1.29 is 19.7 Å². The summed E-state index contributed by atoms with van der Waals surface area (Å²) in [5, 5.41) is 40.9. The van der Waals surface area contributed by atoms with Crippen LogP contribution in [0.25, 0.3) is 32.7 Å². The number of methoxy groups -OCH3 is 2. The van der Waals surface area contributed by atoms with Crippen LogP contribution in [-0.4, -0.2) is 85.3 Å². The number of benzene rings is 4. The van der Waals surface area contributed by atoms with Crippen LogP contribution < -0.4 is 0 Å². The number of hydrogen-bond donors (Lipinski definition) is 2. The second-order valence-electron chi connectivity index (χ2n) is 11.1. The Hall–Kier alpha value is -4.14. The Morgan fingerprint density at radius 2 is 1.14 bits per heavy atom. The van der Waals surface area contributed by atoms with Gasteiger partial charge in [0, 0.05) is 49.6 Å². The van der Waals surface area contributed by atoms with E-state index in [1.165, 1.54) is 0 Å². The first-order chi connectivity index (χ1) is 20.6. The minimum absolute atomic E-state index is 0.0779. The number of hydrazone groups is 2. The molecular formula is C34H38N4O4. The Bertz CT molecular complexity index is 1510. The van der Waals surface area contributed by atoms with Crippen LogP contribution in [0.5, 0.6) is 11.5 Å². The summed E-state index contributed by atoms with van der Waals surface area (Å²) in [5.41, 5.74) is 2.33. The van der Waals surface area contributed by atoms with Gasteiger partial charge in [0.1, 0.15) is 11.5 Å².